The summed E-state index contributed by atoms with van der Waals surface area (Å²) >= 11 is 0. The molecule has 0 bridgehead atoms. The smallest absolute Gasteiger partial charge is 0.244 e. The number of nitrogens with one attached hydrogen (secondary N) is 1. The van der Waals surface area contributed by atoms with Gasteiger partial charge in [0.2, 0.25) is 5.91 Å². The van der Waals surface area contributed by atoms with E-state index < -0.39 is 0 Å². The number of hydrogen-bond acceptors (Lipinski definition) is 3. The maximum absolute atomic E-state index is 13.2. The lowest BCUT2D eigenvalue weighted by Gasteiger charge is -2.37. The van der Waals surface area contributed by atoms with Crippen LogP contribution in [0.4, 0.5) is 0 Å². The lowest BCUT2D eigenvalue weighted by Crippen LogP contribution is -2.51. The maximum Gasteiger partial charge on any atom is 0.244 e. The molecular weight excluding hydrogens is 262 g/mol. The Morgan fingerprint density at radius 2 is 1.95 bits per heavy atom. The fraction of sp³-hybridized carbons (Fsp3) is 0.941. The van der Waals surface area contributed by atoms with Gasteiger partial charge in [-0.3, -0.25) is 10.1 Å². The van der Waals surface area contributed by atoms with Gasteiger partial charge in [0.15, 0.2) is 0 Å². The Kier molecular flexibility index (Phi) is 5.31. The van der Waals surface area contributed by atoms with Crippen LogP contribution in [0.5, 0.6) is 0 Å². The molecule has 4 heteroatoms. The van der Waals surface area contributed by atoms with Crippen LogP contribution in [-0.4, -0.2) is 54.1 Å². The zero-order chi connectivity index (χ0) is 15.6. The molecule has 0 radical (unpaired) electrons. The Bertz CT molecular complexity index is 361. The van der Waals surface area contributed by atoms with Crippen molar-refractivity contribution in [1.29, 1.82) is 0 Å². The van der Waals surface area contributed by atoms with Gasteiger partial charge in [0.1, 0.15) is 0 Å². The van der Waals surface area contributed by atoms with Crippen LogP contribution in [0.3, 0.4) is 0 Å². The van der Waals surface area contributed by atoms with Crippen LogP contribution in [0.25, 0.3) is 0 Å². The number of carbonyl (C=O) groups excluding carboxylic acids is 1. The van der Waals surface area contributed by atoms with Crippen LogP contribution < -0.4 is 5.32 Å². The monoisotopic (exact) mass is 295 g/mol. The highest BCUT2D eigenvalue weighted by Gasteiger charge is 2.53. The lowest BCUT2D eigenvalue weighted by atomic mass is 9.95. The van der Waals surface area contributed by atoms with E-state index in [1.54, 1.807) is 0 Å². The van der Waals surface area contributed by atoms with E-state index in [9.17, 15) is 4.79 Å². The average molecular weight is 295 g/mol. The first-order chi connectivity index (χ1) is 9.91. The molecule has 1 aliphatic carbocycles. The van der Waals surface area contributed by atoms with Gasteiger partial charge < -0.3 is 9.80 Å². The first-order valence-corrected chi connectivity index (χ1v) is 8.66. The Morgan fingerprint density at radius 1 is 1.33 bits per heavy atom. The van der Waals surface area contributed by atoms with Gasteiger partial charge in [0, 0.05) is 12.6 Å². The molecule has 1 spiro atoms. The van der Waals surface area contributed by atoms with Gasteiger partial charge in [-0.05, 0) is 39.3 Å². The Hall–Kier alpha value is -0.610. The van der Waals surface area contributed by atoms with E-state index in [2.05, 4.69) is 50.0 Å². The zero-order valence-electron chi connectivity index (χ0n) is 14.5. The van der Waals surface area contributed by atoms with Crippen molar-refractivity contribution in [3.8, 4) is 0 Å². The summed E-state index contributed by atoms with van der Waals surface area (Å²) in [6.45, 7) is 7.63. The molecule has 1 heterocycles. The number of likely N-dealkylation sites (N-methyl/N-ethyl adjacent to an activating group) is 1. The summed E-state index contributed by atoms with van der Waals surface area (Å²) < 4.78 is 0. The van der Waals surface area contributed by atoms with Crippen molar-refractivity contribution in [1.82, 2.24) is 15.1 Å². The second-order valence-corrected chi connectivity index (χ2v) is 7.52. The van der Waals surface area contributed by atoms with Gasteiger partial charge in [0.25, 0.3) is 0 Å². The van der Waals surface area contributed by atoms with Crippen molar-refractivity contribution in [2.75, 3.05) is 20.6 Å². The SMILES string of the molecule is CCCC1NC2(CCCC2)C(=O)N1C(CN(C)C)C(C)C. The molecule has 2 atom stereocenters. The number of nitrogens with zero attached hydrogens (tertiary/aromatic N) is 2. The normalized spacial score (nSPS) is 26.5. The summed E-state index contributed by atoms with van der Waals surface area (Å²) in [5, 5.41) is 3.73. The molecule has 1 saturated carbocycles. The van der Waals surface area contributed by atoms with E-state index in [0.717, 1.165) is 32.2 Å². The van der Waals surface area contributed by atoms with Crippen LogP contribution in [0.15, 0.2) is 0 Å². The van der Waals surface area contributed by atoms with Gasteiger partial charge in [0.05, 0.1) is 11.7 Å². The maximum atomic E-state index is 13.2. The summed E-state index contributed by atoms with van der Waals surface area (Å²) in [4.78, 5) is 17.6. The number of carbonyl (C=O) groups is 1. The Balaban J connectivity index is 2.25. The van der Waals surface area contributed by atoms with Crippen LogP contribution in [0, 0.1) is 5.92 Å². The van der Waals surface area contributed by atoms with Crippen molar-refractivity contribution in [2.45, 2.75) is 77.0 Å². The van der Waals surface area contributed by atoms with Crippen molar-refractivity contribution in [3.05, 3.63) is 0 Å². The van der Waals surface area contributed by atoms with Crippen molar-refractivity contribution in [2.24, 2.45) is 5.92 Å². The van der Waals surface area contributed by atoms with Crippen molar-refractivity contribution >= 4 is 5.91 Å². The van der Waals surface area contributed by atoms with Gasteiger partial charge >= 0.3 is 0 Å². The van der Waals surface area contributed by atoms with E-state index >= 15 is 0 Å². The van der Waals surface area contributed by atoms with Crippen LogP contribution in [-0.2, 0) is 4.79 Å². The quantitative estimate of drug-likeness (QED) is 0.817. The van der Waals surface area contributed by atoms with Gasteiger partial charge in [-0.25, -0.2) is 0 Å². The lowest BCUT2D eigenvalue weighted by molar-refractivity contribution is -0.136. The second-order valence-electron chi connectivity index (χ2n) is 7.52. The number of hydrogen-bond donors (Lipinski definition) is 1. The molecule has 2 fully saturated rings. The summed E-state index contributed by atoms with van der Waals surface area (Å²) in [5.41, 5.74) is -0.237. The average Bonchev–Trinajstić information content (AvgIpc) is 2.96. The molecular formula is C17H33N3O. The predicted octanol–water partition coefficient (Wildman–Crippen LogP) is 2.44. The molecule has 0 aromatic heterocycles. The fourth-order valence-electron chi connectivity index (χ4n) is 4.04. The van der Waals surface area contributed by atoms with Crippen LogP contribution >= 0.6 is 0 Å². The van der Waals surface area contributed by atoms with Gasteiger partial charge in [-0.2, -0.15) is 0 Å². The van der Waals surface area contributed by atoms with Gasteiger partial charge in [-0.1, -0.05) is 40.0 Å². The second kappa shape index (κ2) is 6.66. The van der Waals surface area contributed by atoms with E-state index in [1.807, 2.05) is 0 Å². The number of amides is 1. The molecule has 1 saturated heterocycles. The third-order valence-corrected chi connectivity index (χ3v) is 5.12. The minimum atomic E-state index is -0.237. The summed E-state index contributed by atoms with van der Waals surface area (Å²) in [7, 11) is 4.20. The van der Waals surface area contributed by atoms with E-state index in [0.29, 0.717) is 17.9 Å². The third kappa shape index (κ3) is 3.26. The van der Waals surface area contributed by atoms with Crippen LogP contribution in [0.1, 0.15) is 59.3 Å². The first kappa shape index (κ1) is 16.8. The highest BCUT2D eigenvalue weighted by Crippen LogP contribution is 2.39. The topological polar surface area (TPSA) is 35.6 Å². The predicted molar refractivity (Wildman–Crippen MR) is 87.1 cm³/mol. The zero-order valence-corrected chi connectivity index (χ0v) is 14.5. The Morgan fingerprint density at radius 3 is 2.43 bits per heavy atom. The summed E-state index contributed by atoms with van der Waals surface area (Å²) in [6, 6.07) is 0.302. The minimum absolute atomic E-state index is 0.230. The van der Waals surface area contributed by atoms with Crippen LogP contribution in [0.2, 0.25) is 0 Å². The highest BCUT2D eigenvalue weighted by molar-refractivity contribution is 5.89. The molecule has 2 unspecified atom stereocenters. The summed E-state index contributed by atoms with van der Waals surface area (Å²) in [5.74, 6) is 0.855. The molecule has 1 amide bonds. The molecule has 1 N–H and O–H groups in total. The molecule has 0 aromatic carbocycles. The molecule has 0 aromatic rings. The molecule has 21 heavy (non-hydrogen) atoms. The molecule has 4 nitrogen and oxygen atoms in total. The largest absolute Gasteiger partial charge is 0.321 e. The first-order valence-electron chi connectivity index (χ1n) is 8.66. The van der Waals surface area contributed by atoms with E-state index in [4.69, 9.17) is 0 Å². The molecule has 122 valence electrons. The Labute approximate surface area is 130 Å². The minimum Gasteiger partial charge on any atom is -0.321 e. The van der Waals surface area contributed by atoms with Crippen molar-refractivity contribution in [3.63, 3.8) is 0 Å². The third-order valence-electron chi connectivity index (χ3n) is 5.12. The van der Waals surface area contributed by atoms with Gasteiger partial charge in [-0.15, -0.1) is 0 Å². The molecule has 1 aliphatic heterocycles. The fourth-order valence-corrected chi connectivity index (χ4v) is 4.04. The molecule has 2 rings (SSSR count). The molecule has 2 aliphatic rings. The number of rotatable bonds is 6. The standard InChI is InChI=1S/C17H33N3O/c1-6-9-15-18-17(10-7-8-11-17)16(21)20(15)14(13(2)3)12-19(4)5/h13-15,18H,6-12H2,1-5H3. The van der Waals surface area contributed by atoms with Crippen molar-refractivity contribution < 1.29 is 4.79 Å². The summed E-state index contributed by atoms with van der Waals surface area (Å²) in [6.07, 6.45) is 6.82. The van der Waals surface area contributed by atoms with E-state index in [-0.39, 0.29) is 11.7 Å². The highest BCUT2D eigenvalue weighted by atomic mass is 16.2. The van der Waals surface area contributed by atoms with E-state index in [1.165, 1.54) is 12.8 Å².